The number of pyridine rings is 1. The molecule has 166 valence electrons. The minimum Gasteiger partial charge on any atom is -0.493 e. The Morgan fingerprint density at radius 3 is 2.52 bits per heavy atom. The molecule has 1 amide bonds. The predicted molar refractivity (Wildman–Crippen MR) is 127 cm³/mol. The van der Waals surface area contributed by atoms with E-state index in [0.717, 1.165) is 33.6 Å². The average molecular weight is 461 g/mol. The van der Waals surface area contributed by atoms with Gasteiger partial charge in [-0.15, -0.1) is 0 Å². The maximum atomic E-state index is 13.3. The van der Waals surface area contributed by atoms with Gasteiger partial charge in [-0.3, -0.25) is 4.79 Å². The molecule has 1 aliphatic rings. The molecule has 2 heterocycles. The number of methoxy groups -OCH3 is 2. The number of aromatic nitrogens is 3. The first kappa shape index (κ1) is 21.0. The fourth-order valence-corrected chi connectivity index (χ4v) is 4.23. The Kier molecular flexibility index (Phi) is 5.26. The van der Waals surface area contributed by atoms with Crippen molar-refractivity contribution < 1.29 is 14.3 Å². The summed E-state index contributed by atoms with van der Waals surface area (Å²) in [6.45, 7) is 1.90. The Bertz CT molecular complexity index is 1380. The Morgan fingerprint density at radius 1 is 1.09 bits per heavy atom. The zero-order valence-corrected chi connectivity index (χ0v) is 19.1. The van der Waals surface area contributed by atoms with Crippen LogP contribution in [0.3, 0.4) is 0 Å². The number of amides is 1. The molecule has 0 radical (unpaired) electrons. The second kappa shape index (κ2) is 8.26. The van der Waals surface area contributed by atoms with Gasteiger partial charge in [0.1, 0.15) is 5.82 Å². The highest BCUT2D eigenvalue weighted by atomic mass is 35.5. The largest absolute Gasteiger partial charge is 0.493 e. The van der Waals surface area contributed by atoms with Gasteiger partial charge in [0.25, 0.3) is 5.91 Å². The van der Waals surface area contributed by atoms with Crippen LogP contribution in [0, 0.1) is 6.92 Å². The van der Waals surface area contributed by atoms with Crippen LogP contribution in [0.5, 0.6) is 11.5 Å². The lowest BCUT2D eigenvalue weighted by molar-refractivity contribution is 0.102. The lowest BCUT2D eigenvalue weighted by atomic mass is 10.1. The summed E-state index contributed by atoms with van der Waals surface area (Å²) in [7, 11) is 3.21. The number of benzene rings is 2. The molecule has 0 saturated carbocycles. The summed E-state index contributed by atoms with van der Waals surface area (Å²) in [6.07, 6.45) is 2.19. The third-order valence-corrected chi connectivity index (χ3v) is 5.99. The molecule has 0 fully saturated rings. The number of ether oxygens (including phenoxy) is 2. The number of nitrogens with one attached hydrogen (secondary N) is 1. The van der Waals surface area contributed by atoms with Gasteiger partial charge in [-0.05, 0) is 60.5 Å². The number of rotatable bonds is 5. The van der Waals surface area contributed by atoms with Gasteiger partial charge in [0.2, 0.25) is 0 Å². The van der Waals surface area contributed by atoms with Crippen molar-refractivity contribution in [1.82, 2.24) is 14.8 Å². The van der Waals surface area contributed by atoms with Gasteiger partial charge in [0, 0.05) is 28.8 Å². The highest BCUT2D eigenvalue weighted by Crippen LogP contribution is 2.45. The number of anilines is 1. The monoisotopic (exact) mass is 460 g/mol. The number of nitrogens with zero attached hydrogens (tertiary/aromatic N) is 3. The zero-order chi connectivity index (χ0) is 23.1. The van der Waals surface area contributed by atoms with Gasteiger partial charge in [-0.25, -0.2) is 9.67 Å². The molecule has 0 unspecified atom stereocenters. The van der Waals surface area contributed by atoms with Crippen molar-refractivity contribution in [1.29, 1.82) is 0 Å². The Morgan fingerprint density at radius 2 is 1.82 bits per heavy atom. The first-order valence-electron chi connectivity index (χ1n) is 10.4. The van der Waals surface area contributed by atoms with Crippen LogP contribution in [0.4, 0.5) is 5.82 Å². The van der Waals surface area contributed by atoms with Crippen LogP contribution in [-0.4, -0.2) is 34.9 Å². The number of hydrogen-bond acceptors (Lipinski definition) is 5. The lowest BCUT2D eigenvalue weighted by Crippen LogP contribution is -2.16. The molecule has 7 nitrogen and oxygen atoms in total. The molecule has 0 saturated heterocycles. The third-order valence-electron chi connectivity index (χ3n) is 5.74. The SMILES string of the molecule is COc1cc2c(cc1OC)-c1c(c(C(=O)Nc3ncccc3C)nn1-c1ccc(Cl)cc1)C2. The molecule has 2 aromatic carbocycles. The molecule has 4 aromatic rings. The van der Waals surface area contributed by atoms with E-state index in [9.17, 15) is 4.79 Å². The third kappa shape index (κ3) is 3.60. The highest BCUT2D eigenvalue weighted by molar-refractivity contribution is 6.30. The summed E-state index contributed by atoms with van der Waals surface area (Å²) >= 11 is 6.10. The Hall–Kier alpha value is -3.84. The summed E-state index contributed by atoms with van der Waals surface area (Å²) in [5.74, 6) is 1.45. The van der Waals surface area contributed by atoms with E-state index in [-0.39, 0.29) is 5.91 Å². The smallest absolute Gasteiger partial charge is 0.277 e. The number of halogens is 1. The predicted octanol–water partition coefficient (Wildman–Crippen LogP) is 5.07. The minimum atomic E-state index is -0.313. The van der Waals surface area contributed by atoms with Gasteiger partial charge in [0.05, 0.1) is 25.6 Å². The molecule has 2 aromatic heterocycles. The molecule has 0 spiro atoms. The van der Waals surface area contributed by atoms with Crippen molar-refractivity contribution in [3.63, 3.8) is 0 Å². The number of fused-ring (bicyclic) bond motifs is 3. The fourth-order valence-electron chi connectivity index (χ4n) is 4.11. The molecular formula is C25H21ClN4O3. The fraction of sp³-hybridized carbons (Fsp3) is 0.160. The van der Waals surface area contributed by atoms with Gasteiger partial charge in [-0.1, -0.05) is 17.7 Å². The highest BCUT2D eigenvalue weighted by Gasteiger charge is 2.32. The number of carbonyl (C=O) groups is 1. The van der Waals surface area contributed by atoms with E-state index in [2.05, 4.69) is 10.3 Å². The van der Waals surface area contributed by atoms with Crippen molar-refractivity contribution in [2.75, 3.05) is 19.5 Å². The standard InChI is InChI=1S/C25H21ClN4O3/c1-14-5-4-10-27-24(14)28-25(31)22-19-11-15-12-20(32-2)21(33-3)13-18(15)23(19)30(29-22)17-8-6-16(26)7-9-17/h4-10,12-13H,11H2,1-3H3,(H,27,28,31). The lowest BCUT2D eigenvalue weighted by Gasteiger charge is -2.12. The normalized spacial score (nSPS) is 11.6. The molecule has 5 rings (SSSR count). The average Bonchev–Trinajstić information content (AvgIpc) is 3.37. The minimum absolute atomic E-state index is 0.313. The van der Waals surface area contributed by atoms with Crippen LogP contribution < -0.4 is 14.8 Å². The van der Waals surface area contributed by atoms with Gasteiger partial charge in [0.15, 0.2) is 17.2 Å². The number of aryl methyl sites for hydroxylation is 1. The van der Waals surface area contributed by atoms with E-state index in [0.29, 0.717) is 34.5 Å². The first-order valence-corrected chi connectivity index (χ1v) is 10.7. The van der Waals surface area contributed by atoms with E-state index < -0.39 is 0 Å². The second-order valence-corrected chi connectivity index (χ2v) is 8.16. The number of carbonyl (C=O) groups excluding carboxylic acids is 1. The molecule has 1 N–H and O–H groups in total. The maximum Gasteiger partial charge on any atom is 0.277 e. The summed E-state index contributed by atoms with van der Waals surface area (Å²) in [6, 6.07) is 14.9. The summed E-state index contributed by atoms with van der Waals surface area (Å²) in [5.41, 5.74) is 5.67. The van der Waals surface area contributed by atoms with Crippen LogP contribution in [-0.2, 0) is 6.42 Å². The van der Waals surface area contributed by atoms with Crippen LogP contribution >= 0.6 is 11.6 Å². The van der Waals surface area contributed by atoms with E-state index in [1.807, 2.05) is 43.3 Å². The van der Waals surface area contributed by atoms with Gasteiger partial charge >= 0.3 is 0 Å². The molecule has 8 heteroatoms. The van der Waals surface area contributed by atoms with E-state index >= 15 is 0 Å². The van der Waals surface area contributed by atoms with Crippen molar-refractivity contribution in [3.05, 3.63) is 82.1 Å². The zero-order valence-electron chi connectivity index (χ0n) is 18.3. The summed E-state index contributed by atoms with van der Waals surface area (Å²) < 4.78 is 12.8. The van der Waals surface area contributed by atoms with Crippen molar-refractivity contribution in [2.45, 2.75) is 13.3 Å². The molecule has 0 aliphatic heterocycles. The maximum absolute atomic E-state index is 13.3. The van der Waals surface area contributed by atoms with Gasteiger partial charge < -0.3 is 14.8 Å². The second-order valence-electron chi connectivity index (χ2n) is 7.73. The molecule has 0 atom stereocenters. The van der Waals surface area contributed by atoms with Crippen LogP contribution in [0.1, 0.15) is 27.2 Å². The van der Waals surface area contributed by atoms with Crippen molar-refractivity contribution in [3.8, 4) is 28.4 Å². The summed E-state index contributed by atoms with van der Waals surface area (Å²) in [4.78, 5) is 17.6. The van der Waals surface area contributed by atoms with Crippen molar-refractivity contribution in [2.24, 2.45) is 0 Å². The first-order chi connectivity index (χ1) is 16.0. The topological polar surface area (TPSA) is 78.3 Å². The van der Waals surface area contributed by atoms with Crippen LogP contribution in [0.2, 0.25) is 5.02 Å². The van der Waals surface area contributed by atoms with Crippen molar-refractivity contribution >= 4 is 23.3 Å². The Labute approximate surface area is 195 Å². The van der Waals surface area contributed by atoms with E-state index in [1.54, 1.807) is 37.2 Å². The quantitative estimate of drug-likeness (QED) is 0.396. The van der Waals surface area contributed by atoms with Gasteiger partial charge in [-0.2, -0.15) is 5.10 Å². The molecule has 1 aliphatic carbocycles. The summed E-state index contributed by atoms with van der Waals surface area (Å²) in [5, 5.41) is 8.24. The Balaban J connectivity index is 1.66. The molecular weight excluding hydrogens is 440 g/mol. The van der Waals surface area contributed by atoms with E-state index in [4.69, 9.17) is 26.2 Å². The number of hydrogen-bond donors (Lipinski definition) is 1. The van der Waals surface area contributed by atoms with Crippen LogP contribution in [0.15, 0.2) is 54.7 Å². The molecule has 0 bridgehead atoms. The van der Waals surface area contributed by atoms with Crippen LogP contribution in [0.25, 0.3) is 16.9 Å². The molecule has 33 heavy (non-hydrogen) atoms. The van der Waals surface area contributed by atoms with E-state index in [1.165, 1.54) is 0 Å².